The maximum absolute atomic E-state index is 13.1. The molecule has 0 saturated heterocycles. The Hall–Kier alpha value is -1.67. The van der Waals surface area contributed by atoms with Crippen LogP contribution in [0.5, 0.6) is 0 Å². The van der Waals surface area contributed by atoms with Crippen molar-refractivity contribution in [1.29, 1.82) is 0 Å². The van der Waals surface area contributed by atoms with Gasteiger partial charge >= 0.3 is 0 Å². The van der Waals surface area contributed by atoms with Crippen LogP contribution >= 0.6 is 0 Å². The van der Waals surface area contributed by atoms with E-state index in [2.05, 4.69) is 26.0 Å². The minimum absolute atomic E-state index is 0.0506. The minimum atomic E-state index is -0.193. The lowest BCUT2D eigenvalue weighted by atomic mass is 9.91. The van der Waals surface area contributed by atoms with Gasteiger partial charge in [-0.3, -0.25) is 0 Å². The summed E-state index contributed by atoms with van der Waals surface area (Å²) in [5, 5.41) is 0. The third kappa shape index (κ3) is 3.02. The molecule has 1 unspecified atom stereocenters. The van der Waals surface area contributed by atoms with E-state index in [9.17, 15) is 4.39 Å². The van der Waals surface area contributed by atoms with Gasteiger partial charge in [0.1, 0.15) is 5.82 Å². The van der Waals surface area contributed by atoms with Crippen LogP contribution in [0.2, 0.25) is 0 Å². The van der Waals surface area contributed by atoms with E-state index < -0.39 is 0 Å². The largest absolute Gasteiger partial charge is 0.324 e. The first-order valence-electron chi connectivity index (χ1n) is 6.55. The summed E-state index contributed by atoms with van der Waals surface area (Å²) in [4.78, 5) is 0. The van der Waals surface area contributed by atoms with Crippen molar-refractivity contribution in [2.75, 3.05) is 0 Å². The van der Waals surface area contributed by atoms with Crippen molar-refractivity contribution in [2.45, 2.75) is 33.2 Å². The van der Waals surface area contributed by atoms with E-state index in [-0.39, 0.29) is 11.9 Å². The van der Waals surface area contributed by atoms with Crippen LogP contribution in [0.4, 0.5) is 4.39 Å². The molecule has 0 bridgehead atoms. The standard InChI is InChI=1S/C17H20FN/c1-11-5-4-6-12(2)17(11)16(19)10-14-7-8-15(18)9-13(14)3/h4-9,16H,10,19H2,1-3H3. The maximum atomic E-state index is 13.1. The average molecular weight is 257 g/mol. The van der Waals surface area contributed by atoms with Gasteiger partial charge in [0.15, 0.2) is 0 Å². The normalized spacial score (nSPS) is 12.5. The fourth-order valence-corrected chi connectivity index (χ4v) is 2.64. The molecule has 0 radical (unpaired) electrons. The molecule has 0 saturated carbocycles. The van der Waals surface area contributed by atoms with Crippen molar-refractivity contribution in [1.82, 2.24) is 0 Å². The number of halogens is 1. The van der Waals surface area contributed by atoms with Gasteiger partial charge in [-0.1, -0.05) is 24.3 Å². The van der Waals surface area contributed by atoms with E-state index in [1.807, 2.05) is 19.1 Å². The molecule has 0 aliphatic carbocycles. The van der Waals surface area contributed by atoms with Crippen LogP contribution in [0.25, 0.3) is 0 Å². The molecule has 1 atom stereocenters. The quantitative estimate of drug-likeness (QED) is 0.884. The summed E-state index contributed by atoms with van der Waals surface area (Å²) in [5.41, 5.74) is 12.0. The lowest BCUT2D eigenvalue weighted by Gasteiger charge is -2.18. The Balaban J connectivity index is 2.28. The van der Waals surface area contributed by atoms with Crippen LogP contribution in [0.1, 0.15) is 33.9 Å². The first-order chi connectivity index (χ1) is 8.99. The molecule has 2 aromatic carbocycles. The highest BCUT2D eigenvalue weighted by molar-refractivity contribution is 5.38. The zero-order valence-electron chi connectivity index (χ0n) is 11.7. The predicted molar refractivity (Wildman–Crippen MR) is 77.7 cm³/mol. The summed E-state index contributed by atoms with van der Waals surface area (Å²) in [7, 11) is 0. The molecular formula is C17H20FN. The molecule has 0 aliphatic rings. The maximum Gasteiger partial charge on any atom is 0.123 e. The predicted octanol–water partition coefficient (Wildman–Crippen LogP) is 3.99. The molecule has 2 heteroatoms. The van der Waals surface area contributed by atoms with Crippen LogP contribution in [0.15, 0.2) is 36.4 Å². The van der Waals surface area contributed by atoms with Crippen LogP contribution in [0.3, 0.4) is 0 Å². The van der Waals surface area contributed by atoms with Gasteiger partial charge in [0.05, 0.1) is 0 Å². The lowest BCUT2D eigenvalue weighted by Crippen LogP contribution is -2.16. The van der Waals surface area contributed by atoms with Crippen LogP contribution < -0.4 is 5.73 Å². The summed E-state index contributed by atoms with van der Waals surface area (Å²) in [6.45, 7) is 6.09. The molecule has 0 fully saturated rings. The summed E-state index contributed by atoms with van der Waals surface area (Å²) in [6.07, 6.45) is 0.734. The fraction of sp³-hybridized carbons (Fsp3) is 0.294. The highest BCUT2D eigenvalue weighted by atomic mass is 19.1. The minimum Gasteiger partial charge on any atom is -0.324 e. The summed E-state index contributed by atoms with van der Waals surface area (Å²) < 4.78 is 13.1. The van der Waals surface area contributed by atoms with Crippen molar-refractivity contribution < 1.29 is 4.39 Å². The first kappa shape index (κ1) is 13.8. The highest BCUT2D eigenvalue weighted by Crippen LogP contribution is 2.24. The van der Waals surface area contributed by atoms with Crippen molar-refractivity contribution >= 4 is 0 Å². The van der Waals surface area contributed by atoms with Gasteiger partial charge in [0.25, 0.3) is 0 Å². The van der Waals surface area contributed by atoms with Gasteiger partial charge < -0.3 is 5.73 Å². The van der Waals surface area contributed by atoms with E-state index in [4.69, 9.17) is 5.73 Å². The third-order valence-electron chi connectivity index (χ3n) is 3.66. The molecule has 0 aliphatic heterocycles. The van der Waals surface area contributed by atoms with Crippen LogP contribution in [0, 0.1) is 26.6 Å². The van der Waals surface area contributed by atoms with Crippen molar-refractivity contribution in [3.63, 3.8) is 0 Å². The first-order valence-corrected chi connectivity index (χ1v) is 6.55. The second-order valence-electron chi connectivity index (χ2n) is 5.19. The van der Waals surface area contributed by atoms with E-state index in [1.165, 1.54) is 22.8 Å². The highest BCUT2D eigenvalue weighted by Gasteiger charge is 2.13. The third-order valence-corrected chi connectivity index (χ3v) is 3.66. The summed E-state index contributed by atoms with van der Waals surface area (Å²) in [6, 6.07) is 11.1. The van der Waals surface area contributed by atoms with Crippen molar-refractivity contribution in [2.24, 2.45) is 5.73 Å². The van der Waals surface area contributed by atoms with Gasteiger partial charge in [-0.25, -0.2) is 4.39 Å². The Bertz CT molecular complexity index is 570. The van der Waals surface area contributed by atoms with Gasteiger partial charge in [0, 0.05) is 6.04 Å². The zero-order valence-corrected chi connectivity index (χ0v) is 11.7. The van der Waals surface area contributed by atoms with E-state index in [1.54, 1.807) is 6.07 Å². The Morgan fingerprint density at radius 1 is 1.00 bits per heavy atom. The number of nitrogens with two attached hydrogens (primary N) is 1. The number of hydrogen-bond donors (Lipinski definition) is 1. The molecule has 100 valence electrons. The monoisotopic (exact) mass is 257 g/mol. The zero-order chi connectivity index (χ0) is 14.0. The van der Waals surface area contributed by atoms with Crippen molar-refractivity contribution in [3.05, 3.63) is 70.0 Å². The van der Waals surface area contributed by atoms with Gasteiger partial charge in [-0.15, -0.1) is 0 Å². The SMILES string of the molecule is Cc1cc(F)ccc1CC(N)c1c(C)cccc1C. The lowest BCUT2D eigenvalue weighted by molar-refractivity contribution is 0.623. The summed E-state index contributed by atoms with van der Waals surface area (Å²) in [5.74, 6) is -0.193. The molecule has 2 aromatic rings. The Labute approximate surface area is 114 Å². The van der Waals surface area contributed by atoms with E-state index in [0.29, 0.717) is 0 Å². The Kier molecular flexibility index (Phi) is 4.01. The number of benzene rings is 2. The van der Waals surface area contributed by atoms with E-state index >= 15 is 0 Å². The van der Waals surface area contributed by atoms with Crippen LogP contribution in [-0.2, 0) is 6.42 Å². The molecule has 0 amide bonds. The smallest absolute Gasteiger partial charge is 0.123 e. The topological polar surface area (TPSA) is 26.0 Å². The van der Waals surface area contributed by atoms with Gasteiger partial charge in [0.2, 0.25) is 0 Å². The second kappa shape index (κ2) is 5.54. The molecule has 0 spiro atoms. The number of hydrogen-bond acceptors (Lipinski definition) is 1. The van der Waals surface area contributed by atoms with Gasteiger partial charge in [-0.05, 0) is 67.1 Å². The van der Waals surface area contributed by atoms with Crippen molar-refractivity contribution in [3.8, 4) is 0 Å². The molecule has 1 nitrogen and oxygen atoms in total. The molecule has 19 heavy (non-hydrogen) atoms. The average Bonchev–Trinajstić information content (AvgIpc) is 2.32. The molecule has 0 heterocycles. The Morgan fingerprint density at radius 2 is 1.63 bits per heavy atom. The summed E-state index contributed by atoms with van der Waals surface area (Å²) >= 11 is 0. The molecular weight excluding hydrogens is 237 g/mol. The second-order valence-corrected chi connectivity index (χ2v) is 5.19. The number of aryl methyl sites for hydroxylation is 3. The van der Waals surface area contributed by atoms with E-state index in [0.717, 1.165) is 17.5 Å². The number of rotatable bonds is 3. The van der Waals surface area contributed by atoms with Gasteiger partial charge in [-0.2, -0.15) is 0 Å². The molecule has 2 N–H and O–H groups in total. The Morgan fingerprint density at radius 3 is 2.21 bits per heavy atom. The van der Waals surface area contributed by atoms with Crippen LogP contribution in [-0.4, -0.2) is 0 Å². The fourth-order valence-electron chi connectivity index (χ4n) is 2.64. The molecule has 0 aromatic heterocycles. The molecule has 2 rings (SSSR count).